The summed E-state index contributed by atoms with van der Waals surface area (Å²) >= 11 is 6.15. The molecule has 36 heavy (non-hydrogen) atoms. The maximum Gasteiger partial charge on any atom is 0.185 e. The fraction of sp³-hybridized carbons (Fsp3) is 0.290. The lowest BCUT2D eigenvalue weighted by Crippen LogP contribution is -2.24. The van der Waals surface area contributed by atoms with Crippen molar-refractivity contribution in [2.24, 2.45) is 5.92 Å². The third-order valence-corrected chi connectivity index (χ3v) is 7.09. The van der Waals surface area contributed by atoms with Gasteiger partial charge in [-0.2, -0.15) is 5.10 Å². The van der Waals surface area contributed by atoms with Crippen molar-refractivity contribution < 1.29 is 4.79 Å². The van der Waals surface area contributed by atoms with Crippen molar-refractivity contribution in [3.8, 4) is 5.69 Å². The van der Waals surface area contributed by atoms with E-state index in [1.54, 1.807) is 4.68 Å². The van der Waals surface area contributed by atoms with Crippen LogP contribution in [0.15, 0.2) is 78.9 Å². The van der Waals surface area contributed by atoms with E-state index in [4.69, 9.17) is 11.6 Å². The van der Waals surface area contributed by atoms with Crippen molar-refractivity contribution in [3.63, 3.8) is 0 Å². The highest BCUT2D eigenvalue weighted by atomic mass is 35.5. The summed E-state index contributed by atoms with van der Waals surface area (Å²) in [5, 5.41) is 9.11. The Labute approximate surface area is 218 Å². The molecule has 1 N–H and O–H groups in total. The first-order chi connectivity index (χ1) is 17.5. The van der Waals surface area contributed by atoms with Crippen molar-refractivity contribution in [3.05, 3.63) is 118 Å². The molecule has 0 spiro atoms. The molecular weight excluding hydrogens is 466 g/mol. The summed E-state index contributed by atoms with van der Waals surface area (Å²) in [7, 11) is 0. The highest BCUT2D eigenvalue weighted by Gasteiger charge is 2.24. The molecule has 0 saturated heterocycles. The average molecular weight is 498 g/mol. The Morgan fingerprint density at radius 2 is 1.75 bits per heavy atom. The first kappa shape index (κ1) is 24.5. The monoisotopic (exact) mass is 497 g/mol. The zero-order chi connectivity index (χ0) is 25.1. The third-order valence-electron chi connectivity index (χ3n) is 6.84. The Hall–Kier alpha value is -3.21. The normalized spacial score (nSPS) is 14.1. The lowest BCUT2D eigenvalue weighted by Gasteiger charge is -2.21. The molecular formula is C31H32ClN3O. The van der Waals surface area contributed by atoms with Crippen molar-refractivity contribution in [2.75, 3.05) is 6.54 Å². The van der Waals surface area contributed by atoms with Gasteiger partial charge in [0.25, 0.3) is 0 Å². The van der Waals surface area contributed by atoms with E-state index >= 15 is 0 Å². The van der Waals surface area contributed by atoms with Crippen LogP contribution < -0.4 is 5.32 Å². The number of carbonyl (C=O) groups is 1. The van der Waals surface area contributed by atoms with Crippen molar-refractivity contribution in [1.29, 1.82) is 0 Å². The summed E-state index contributed by atoms with van der Waals surface area (Å²) < 4.78 is 1.79. The Morgan fingerprint density at radius 1 is 1.00 bits per heavy atom. The van der Waals surface area contributed by atoms with Crippen LogP contribution in [0.2, 0.25) is 5.02 Å². The van der Waals surface area contributed by atoms with Gasteiger partial charge < -0.3 is 5.32 Å². The molecule has 0 radical (unpaired) electrons. The van der Waals surface area contributed by atoms with Crippen LogP contribution in [0.3, 0.4) is 0 Å². The molecule has 1 atom stereocenters. The summed E-state index contributed by atoms with van der Waals surface area (Å²) in [6.45, 7) is 5.05. The number of aryl methyl sites for hydroxylation is 2. The largest absolute Gasteiger partial charge is 0.306 e. The van der Waals surface area contributed by atoms with Crippen LogP contribution in [-0.4, -0.2) is 22.1 Å². The van der Waals surface area contributed by atoms with Crippen LogP contribution in [0.4, 0.5) is 0 Å². The van der Waals surface area contributed by atoms with Gasteiger partial charge in [-0.15, -0.1) is 0 Å². The van der Waals surface area contributed by atoms with Gasteiger partial charge in [0, 0.05) is 11.4 Å². The molecule has 1 saturated carbocycles. The maximum atomic E-state index is 13.5. The van der Waals surface area contributed by atoms with Crippen molar-refractivity contribution in [1.82, 2.24) is 15.1 Å². The molecule has 5 heteroatoms. The molecule has 1 aliphatic carbocycles. The summed E-state index contributed by atoms with van der Waals surface area (Å²) in [5.74, 6) is 0.822. The minimum Gasteiger partial charge on any atom is -0.306 e. The first-order valence-corrected chi connectivity index (χ1v) is 13.1. The second kappa shape index (κ2) is 10.8. The van der Waals surface area contributed by atoms with E-state index in [-0.39, 0.29) is 11.8 Å². The molecule has 4 nitrogen and oxygen atoms in total. The molecule has 1 fully saturated rings. The number of benzene rings is 3. The lowest BCUT2D eigenvalue weighted by atomic mass is 9.95. The Kier molecular flexibility index (Phi) is 7.35. The highest BCUT2D eigenvalue weighted by molar-refractivity contribution is 6.30. The maximum absolute atomic E-state index is 13.5. The molecule has 1 aliphatic rings. The average Bonchev–Trinajstić information content (AvgIpc) is 3.64. The smallest absolute Gasteiger partial charge is 0.185 e. The number of nitrogens with one attached hydrogen (secondary N) is 1. The molecule has 5 rings (SSSR count). The van der Waals surface area contributed by atoms with Gasteiger partial charge in [0.05, 0.1) is 17.4 Å². The SMILES string of the molecule is CCc1cccc(-n2nc(C)cc2C(=O)Cc2cccc(C(NCC3CC3)c3ccc(Cl)cc3)c2)c1. The van der Waals surface area contributed by atoms with E-state index in [2.05, 4.69) is 53.7 Å². The van der Waals surface area contributed by atoms with Crippen LogP contribution in [0.25, 0.3) is 5.69 Å². The Morgan fingerprint density at radius 3 is 2.50 bits per heavy atom. The number of Topliss-reactive ketones (excluding diaryl/α,β-unsaturated/α-hetero) is 1. The Bertz CT molecular complexity index is 1350. The van der Waals surface area contributed by atoms with Crippen LogP contribution in [-0.2, 0) is 12.8 Å². The van der Waals surface area contributed by atoms with Crippen molar-refractivity contribution >= 4 is 17.4 Å². The zero-order valence-corrected chi connectivity index (χ0v) is 21.6. The number of aromatic nitrogens is 2. The van der Waals surface area contributed by atoms with E-state index in [0.717, 1.165) is 46.4 Å². The predicted molar refractivity (Wildman–Crippen MR) is 146 cm³/mol. The standard InChI is InChI=1S/C31H32ClN3O/c1-3-22-6-5-9-28(18-22)35-29(16-21(2)34-35)30(36)19-24-7-4-8-26(17-24)31(33-20-23-10-11-23)25-12-14-27(32)15-13-25/h4-9,12-18,23,31,33H,3,10-11,19-20H2,1-2H3. The quantitative estimate of drug-likeness (QED) is 0.242. The molecule has 184 valence electrons. The number of halogens is 1. The van der Waals surface area contributed by atoms with Crippen LogP contribution in [0, 0.1) is 12.8 Å². The van der Waals surface area contributed by atoms with Gasteiger partial charge in [0.15, 0.2) is 5.78 Å². The molecule has 1 unspecified atom stereocenters. The minimum absolute atomic E-state index is 0.0578. The third kappa shape index (κ3) is 5.77. The van der Waals surface area contributed by atoms with Gasteiger partial charge in [-0.25, -0.2) is 4.68 Å². The van der Waals surface area contributed by atoms with Gasteiger partial charge in [0.2, 0.25) is 0 Å². The van der Waals surface area contributed by atoms with E-state index in [0.29, 0.717) is 12.1 Å². The van der Waals surface area contributed by atoms with Crippen molar-refractivity contribution in [2.45, 2.75) is 45.6 Å². The number of nitrogens with zero attached hydrogens (tertiary/aromatic N) is 2. The van der Waals surface area contributed by atoms with E-state index in [1.165, 1.54) is 24.0 Å². The second-order valence-electron chi connectivity index (χ2n) is 9.79. The second-order valence-corrected chi connectivity index (χ2v) is 10.2. The van der Waals surface area contributed by atoms with E-state index < -0.39 is 0 Å². The van der Waals surface area contributed by atoms with Gasteiger partial charge in [0.1, 0.15) is 5.69 Å². The molecule has 1 aromatic heterocycles. The highest BCUT2D eigenvalue weighted by Crippen LogP contribution is 2.31. The zero-order valence-electron chi connectivity index (χ0n) is 20.9. The fourth-order valence-electron chi connectivity index (χ4n) is 4.65. The molecule has 0 amide bonds. The number of hydrogen-bond acceptors (Lipinski definition) is 3. The summed E-state index contributed by atoms with van der Waals surface area (Å²) in [4.78, 5) is 13.5. The minimum atomic E-state index is 0.0578. The number of hydrogen-bond donors (Lipinski definition) is 1. The number of ketones is 1. The molecule has 1 heterocycles. The Balaban J connectivity index is 1.40. The summed E-state index contributed by atoms with van der Waals surface area (Å²) in [5.41, 5.74) is 6.92. The van der Waals surface area contributed by atoms with Gasteiger partial charge in [-0.3, -0.25) is 4.79 Å². The van der Waals surface area contributed by atoms with Crippen LogP contribution in [0.5, 0.6) is 0 Å². The molecule has 0 aliphatic heterocycles. The number of rotatable bonds is 10. The molecule has 3 aromatic carbocycles. The predicted octanol–water partition coefficient (Wildman–Crippen LogP) is 6.91. The fourth-order valence-corrected chi connectivity index (χ4v) is 4.78. The molecule has 4 aromatic rings. The summed E-state index contributed by atoms with van der Waals surface area (Å²) in [6.07, 6.45) is 3.85. The van der Waals surface area contributed by atoms with Crippen LogP contribution in [0.1, 0.15) is 64.2 Å². The summed E-state index contributed by atoms with van der Waals surface area (Å²) in [6, 6.07) is 26.6. The van der Waals surface area contributed by atoms with Gasteiger partial charge >= 0.3 is 0 Å². The topological polar surface area (TPSA) is 46.9 Å². The van der Waals surface area contributed by atoms with E-state index in [9.17, 15) is 4.79 Å². The molecule has 0 bridgehead atoms. The van der Waals surface area contributed by atoms with Gasteiger partial charge in [-0.1, -0.05) is 67.1 Å². The number of carbonyl (C=O) groups excluding carboxylic acids is 1. The van der Waals surface area contributed by atoms with Crippen LogP contribution >= 0.6 is 11.6 Å². The lowest BCUT2D eigenvalue weighted by molar-refractivity contribution is 0.0985. The van der Waals surface area contributed by atoms with Gasteiger partial charge in [-0.05, 0) is 91.2 Å². The first-order valence-electron chi connectivity index (χ1n) is 12.8. The van der Waals surface area contributed by atoms with E-state index in [1.807, 2.05) is 49.4 Å².